The third-order valence-electron chi connectivity index (χ3n) is 16.7. The fourth-order valence-electron chi connectivity index (χ4n) is 11.4. The van der Waals surface area contributed by atoms with Crippen LogP contribution in [0.3, 0.4) is 0 Å². The highest BCUT2D eigenvalue weighted by molar-refractivity contribution is 5.76. The Kier molecular flexibility index (Phi) is 64.4. The lowest BCUT2D eigenvalue weighted by atomic mass is 10.0. The van der Waals surface area contributed by atoms with Gasteiger partial charge in [0.15, 0.2) is 0 Å². The number of esters is 1. The first-order valence-electron chi connectivity index (χ1n) is 34.8. The molecule has 0 radical (unpaired) electrons. The number of hydrogen-bond donors (Lipinski definition) is 3. The topological polar surface area (TPSA) is 95.9 Å². The van der Waals surface area contributed by atoms with Gasteiger partial charge in [-0.1, -0.05) is 367 Å². The number of aliphatic hydroxyl groups is 2. The molecule has 1 amide bonds. The molecule has 0 spiro atoms. The van der Waals surface area contributed by atoms with Crippen molar-refractivity contribution in [2.45, 2.75) is 418 Å². The maximum atomic E-state index is 12.5. The molecule has 0 aromatic rings. The lowest BCUT2D eigenvalue weighted by Crippen LogP contribution is -2.45. The van der Waals surface area contributed by atoms with Crippen molar-refractivity contribution < 1.29 is 24.5 Å². The molecule has 0 rings (SSSR count). The average Bonchev–Trinajstić information content (AvgIpc) is 3.41. The van der Waals surface area contributed by atoms with Gasteiger partial charge >= 0.3 is 5.97 Å². The molecule has 0 saturated carbocycles. The van der Waals surface area contributed by atoms with E-state index in [4.69, 9.17) is 4.74 Å². The summed E-state index contributed by atoms with van der Waals surface area (Å²) in [6, 6.07) is -0.542. The summed E-state index contributed by atoms with van der Waals surface area (Å²) in [6.07, 6.45) is 78.5. The van der Waals surface area contributed by atoms with Gasteiger partial charge in [-0.2, -0.15) is 0 Å². The standard InChI is InChI=1S/C69H137NO5/c1-3-5-7-9-11-13-15-17-19-21-25-29-33-37-41-45-49-53-57-61-67(72)66(65-71)70-68(73)62-58-54-50-46-42-38-34-30-27-23-24-28-32-36-40-44-48-52-56-60-64-75-69(74)63-59-55-51-47-43-39-35-31-26-22-20-18-16-14-12-10-8-6-4-2/h66-67,71-72H,3-65H2,1-2H3,(H,70,73). The van der Waals surface area contributed by atoms with Crippen molar-refractivity contribution in [3.63, 3.8) is 0 Å². The van der Waals surface area contributed by atoms with Crippen molar-refractivity contribution in [1.82, 2.24) is 5.32 Å². The van der Waals surface area contributed by atoms with Gasteiger partial charge < -0.3 is 20.3 Å². The van der Waals surface area contributed by atoms with Gasteiger partial charge in [-0.25, -0.2) is 0 Å². The number of unbranched alkanes of at least 4 members (excludes halogenated alkanes) is 55. The van der Waals surface area contributed by atoms with Crippen LogP contribution >= 0.6 is 0 Å². The minimum atomic E-state index is -0.665. The lowest BCUT2D eigenvalue weighted by Gasteiger charge is -2.22. The van der Waals surface area contributed by atoms with Crippen LogP contribution in [-0.4, -0.2) is 47.4 Å². The van der Waals surface area contributed by atoms with E-state index in [0.717, 1.165) is 38.5 Å². The molecule has 3 N–H and O–H groups in total. The quantitative estimate of drug-likeness (QED) is 0.0417. The first kappa shape index (κ1) is 73.9. The molecule has 0 aromatic carbocycles. The van der Waals surface area contributed by atoms with Crippen molar-refractivity contribution in [1.29, 1.82) is 0 Å². The van der Waals surface area contributed by atoms with E-state index in [2.05, 4.69) is 19.2 Å². The minimum Gasteiger partial charge on any atom is -0.466 e. The van der Waals surface area contributed by atoms with Gasteiger partial charge in [0.2, 0.25) is 5.91 Å². The molecule has 0 aliphatic carbocycles. The first-order chi connectivity index (χ1) is 37.0. The van der Waals surface area contributed by atoms with E-state index in [-0.39, 0.29) is 18.5 Å². The number of aliphatic hydroxyl groups excluding tert-OH is 2. The van der Waals surface area contributed by atoms with Gasteiger partial charge in [-0.15, -0.1) is 0 Å². The zero-order chi connectivity index (χ0) is 54.3. The number of nitrogens with one attached hydrogen (secondary N) is 1. The number of carbonyl (C=O) groups excluding carboxylic acids is 2. The van der Waals surface area contributed by atoms with Crippen LogP contribution in [0.25, 0.3) is 0 Å². The molecule has 2 atom stereocenters. The maximum Gasteiger partial charge on any atom is 0.305 e. The Morgan fingerprint density at radius 1 is 0.320 bits per heavy atom. The highest BCUT2D eigenvalue weighted by Gasteiger charge is 2.20. The van der Waals surface area contributed by atoms with Crippen molar-refractivity contribution >= 4 is 11.9 Å². The van der Waals surface area contributed by atoms with Crippen molar-refractivity contribution in [2.24, 2.45) is 0 Å². The molecular weight excluding hydrogens is 923 g/mol. The summed E-state index contributed by atoms with van der Waals surface area (Å²) in [5.41, 5.74) is 0. The first-order valence-corrected chi connectivity index (χ1v) is 34.8. The predicted octanol–water partition coefficient (Wildman–Crippen LogP) is 22.2. The van der Waals surface area contributed by atoms with Gasteiger partial charge in [0.05, 0.1) is 25.4 Å². The summed E-state index contributed by atoms with van der Waals surface area (Å²) >= 11 is 0. The second-order valence-electron chi connectivity index (χ2n) is 24.2. The number of amides is 1. The second kappa shape index (κ2) is 65.4. The monoisotopic (exact) mass is 1060 g/mol. The van der Waals surface area contributed by atoms with Crippen LogP contribution in [0.15, 0.2) is 0 Å². The van der Waals surface area contributed by atoms with Gasteiger partial charge in [-0.05, 0) is 25.7 Å². The van der Waals surface area contributed by atoms with Crippen LogP contribution in [0.1, 0.15) is 406 Å². The van der Waals surface area contributed by atoms with Crippen molar-refractivity contribution in [3.05, 3.63) is 0 Å². The fourth-order valence-corrected chi connectivity index (χ4v) is 11.4. The van der Waals surface area contributed by atoms with Crippen LogP contribution in [0.2, 0.25) is 0 Å². The normalized spacial score (nSPS) is 12.4. The van der Waals surface area contributed by atoms with Crippen LogP contribution in [0.4, 0.5) is 0 Å². The molecule has 0 saturated heterocycles. The van der Waals surface area contributed by atoms with E-state index >= 15 is 0 Å². The molecule has 0 fully saturated rings. The summed E-state index contributed by atoms with van der Waals surface area (Å²) in [7, 11) is 0. The van der Waals surface area contributed by atoms with Gasteiger partial charge in [0.1, 0.15) is 0 Å². The summed E-state index contributed by atoms with van der Waals surface area (Å²) in [6.45, 7) is 5.00. The van der Waals surface area contributed by atoms with E-state index in [1.807, 2.05) is 0 Å². The van der Waals surface area contributed by atoms with Crippen LogP contribution < -0.4 is 5.32 Å². The number of ether oxygens (including phenoxy) is 1. The molecular formula is C69H137NO5. The fraction of sp³-hybridized carbons (Fsp3) is 0.971. The Labute approximate surface area is 470 Å². The Morgan fingerprint density at radius 2 is 0.547 bits per heavy atom. The molecule has 448 valence electrons. The third kappa shape index (κ3) is 61.9. The second-order valence-corrected chi connectivity index (χ2v) is 24.2. The van der Waals surface area contributed by atoms with Crippen LogP contribution in [-0.2, 0) is 14.3 Å². The molecule has 6 heteroatoms. The van der Waals surface area contributed by atoms with Gasteiger partial charge in [0, 0.05) is 12.8 Å². The summed E-state index contributed by atoms with van der Waals surface area (Å²) in [5.74, 6) is -0.0148. The van der Waals surface area contributed by atoms with Gasteiger partial charge in [-0.3, -0.25) is 9.59 Å². The summed E-state index contributed by atoms with van der Waals surface area (Å²) in [5, 5.41) is 23.4. The summed E-state index contributed by atoms with van der Waals surface area (Å²) in [4.78, 5) is 24.7. The van der Waals surface area contributed by atoms with Crippen molar-refractivity contribution in [3.8, 4) is 0 Å². The highest BCUT2D eigenvalue weighted by atomic mass is 16.5. The molecule has 75 heavy (non-hydrogen) atoms. The Balaban J connectivity index is 3.36. The van der Waals surface area contributed by atoms with Crippen LogP contribution in [0, 0.1) is 0 Å². The smallest absolute Gasteiger partial charge is 0.305 e. The molecule has 0 aliphatic heterocycles. The molecule has 0 aliphatic rings. The molecule has 0 aromatic heterocycles. The molecule has 0 heterocycles. The number of carbonyl (C=O) groups is 2. The SMILES string of the molecule is CCCCCCCCCCCCCCCCCCCCCC(=O)OCCCCCCCCCCCCCCCCCCCCCCC(=O)NC(CO)C(O)CCCCCCCCCCCCCCCCCCCCC. The number of rotatable bonds is 66. The largest absolute Gasteiger partial charge is 0.466 e. The van der Waals surface area contributed by atoms with Gasteiger partial charge in [0.25, 0.3) is 0 Å². The van der Waals surface area contributed by atoms with E-state index < -0.39 is 12.1 Å². The molecule has 0 bridgehead atoms. The Bertz CT molecular complexity index is 1080. The third-order valence-corrected chi connectivity index (χ3v) is 16.7. The zero-order valence-corrected chi connectivity index (χ0v) is 51.3. The lowest BCUT2D eigenvalue weighted by molar-refractivity contribution is -0.143. The van der Waals surface area contributed by atoms with Crippen molar-refractivity contribution in [2.75, 3.05) is 13.2 Å². The van der Waals surface area contributed by atoms with E-state index in [1.165, 1.54) is 334 Å². The highest BCUT2D eigenvalue weighted by Crippen LogP contribution is 2.19. The minimum absolute atomic E-state index is 0.0170. The Hall–Kier alpha value is -1.14. The Morgan fingerprint density at radius 3 is 0.813 bits per heavy atom. The summed E-state index contributed by atoms with van der Waals surface area (Å²) < 4.78 is 5.51. The molecule has 6 nitrogen and oxygen atoms in total. The predicted molar refractivity (Wildman–Crippen MR) is 329 cm³/mol. The molecule has 2 unspecified atom stereocenters. The van der Waals surface area contributed by atoms with E-state index in [0.29, 0.717) is 25.9 Å². The number of hydrogen-bond acceptors (Lipinski definition) is 5. The van der Waals surface area contributed by atoms with E-state index in [1.54, 1.807) is 0 Å². The maximum absolute atomic E-state index is 12.5. The average molecular weight is 1060 g/mol. The van der Waals surface area contributed by atoms with Crippen LogP contribution in [0.5, 0.6) is 0 Å². The van der Waals surface area contributed by atoms with E-state index in [9.17, 15) is 19.8 Å². The zero-order valence-electron chi connectivity index (χ0n) is 51.3.